The number of amides is 1. The number of carbonyl (C=O) groups is 1. The maximum absolute atomic E-state index is 11.9. The van der Waals surface area contributed by atoms with Crippen LogP contribution in [0.3, 0.4) is 0 Å². The number of carbonyl (C=O) groups excluding carboxylic acids is 1. The minimum Gasteiger partial charge on any atom is -0.454 e. The molecule has 0 radical (unpaired) electrons. The lowest BCUT2D eigenvalue weighted by Gasteiger charge is -2.08. The topological polar surface area (TPSA) is 73.6 Å². The molecule has 0 spiro atoms. The van der Waals surface area contributed by atoms with Gasteiger partial charge in [0.15, 0.2) is 11.5 Å². The lowest BCUT2D eigenvalue weighted by Crippen LogP contribution is -2.14. The molecule has 6 heteroatoms. The summed E-state index contributed by atoms with van der Waals surface area (Å²) in [6.45, 7) is 0.182. The monoisotopic (exact) mass is 276 g/mol. The number of anilines is 2. The molecule has 5 nitrogen and oxygen atoms in total. The summed E-state index contributed by atoms with van der Waals surface area (Å²) < 4.78 is 10.5. The summed E-state index contributed by atoms with van der Waals surface area (Å²) in [5, 5.41) is 4.73. The van der Waals surface area contributed by atoms with E-state index in [9.17, 15) is 4.79 Å². The molecule has 2 aromatic rings. The number of ether oxygens (including phenoxy) is 2. The maximum atomic E-state index is 11.9. The Morgan fingerprint density at radius 3 is 2.89 bits per heavy atom. The third kappa shape index (κ3) is 2.48. The second-order valence-electron chi connectivity index (χ2n) is 4.10. The highest BCUT2D eigenvalue weighted by molar-refractivity contribution is 7.10. The molecule has 0 saturated heterocycles. The molecule has 1 aliphatic heterocycles. The van der Waals surface area contributed by atoms with Crippen LogP contribution in [0.25, 0.3) is 0 Å². The summed E-state index contributed by atoms with van der Waals surface area (Å²) in [6.07, 6.45) is 0.339. The first-order valence-electron chi connectivity index (χ1n) is 5.74. The van der Waals surface area contributed by atoms with E-state index in [-0.39, 0.29) is 12.7 Å². The van der Waals surface area contributed by atoms with Crippen LogP contribution in [0.4, 0.5) is 11.4 Å². The van der Waals surface area contributed by atoms with Gasteiger partial charge in [0.2, 0.25) is 12.7 Å². The average molecular weight is 276 g/mol. The number of hydrogen-bond donors (Lipinski definition) is 2. The van der Waals surface area contributed by atoms with Gasteiger partial charge in [0.25, 0.3) is 0 Å². The van der Waals surface area contributed by atoms with E-state index in [0.717, 1.165) is 4.88 Å². The molecular weight excluding hydrogens is 264 g/mol. The van der Waals surface area contributed by atoms with Gasteiger partial charge in [0, 0.05) is 17.0 Å². The van der Waals surface area contributed by atoms with Crippen LogP contribution >= 0.6 is 11.3 Å². The summed E-state index contributed by atoms with van der Waals surface area (Å²) in [4.78, 5) is 12.9. The lowest BCUT2D eigenvalue weighted by molar-refractivity contribution is -0.115. The highest BCUT2D eigenvalue weighted by Crippen LogP contribution is 2.38. The quantitative estimate of drug-likeness (QED) is 0.843. The second kappa shape index (κ2) is 4.81. The smallest absolute Gasteiger partial charge is 0.231 e. The fourth-order valence-electron chi connectivity index (χ4n) is 1.83. The summed E-state index contributed by atoms with van der Waals surface area (Å²) in [6, 6.07) is 7.18. The molecule has 0 unspecified atom stereocenters. The Morgan fingerprint density at radius 2 is 2.16 bits per heavy atom. The fraction of sp³-hybridized carbons (Fsp3) is 0.154. The molecule has 0 bridgehead atoms. The van der Waals surface area contributed by atoms with Gasteiger partial charge < -0.3 is 20.5 Å². The Bertz CT molecular complexity index is 611. The van der Waals surface area contributed by atoms with Gasteiger partial charge in [0.1, 0.15) is 0 Å². The second-order valence-corrected chi connectivity index (χ2v) is 5.13. The SMILES string of the molecule is Nc1cc2c(cc1NC(=O)Cc1cccs1)OCO2. The van der Waals surface area contributed by atoms with Gasteiger partial charge in [-0.05, 0) is 11.4 Å². The van der Waals surface area contributed by atoms with Gasteiger partial charge >= 0.3 is 0 Å². The number of nitrogens with two attached hydrogens (primary N) is 1. The van der Waals surface area contributed by atoms with E-state index in [4.69, 9.17) is 15.2 Å². The van der Waals surface area contributed by atoms with Crippen LogP contribution in [-0.4, -0.2) is 12.7 Å². The Morgan fingerprint density at radius 1 is 1.37 bits per heavy atom. The van der Waals surface area contributed by atoms with Crippen molar-refractivity contribution in [3.05, 3.63) is 34.5 Å². The zero-order valence-electron chi connectivity index (χ0n) is 10.0. The van der Waals surface area contributed by atoms with E-state index < -0.39 is 0 Å². The lowest BCUT2D eigenvalue weighted by atomic mass is 10.2. The minimum absolute atomic E-state index is 0.104. The van der Waals surface area contributed by atoms with Crippen LogP contribution in [0.15, 0.2) is 29.6 Å². The van der Waals surface area contributed by atoms with Crippen molar-refractivity contribution in [2.45, 2.75) is 6.42 Å². The van der Waals surface area contributed by atoms with Gasteiger partial charge in [-0.3, -0.25) is 4.79 Å². The predicted octanol–water partition coefficient (Wildman–Crippen LogP) is 2.24. The van der Waals surface area contributed by atoms with E-state index in [1.54, 1.807) is 23.5 Å². The van der Waals surface area contributed by atoms with E-state index in [2.05, 4.69) is 5.32 Å². The van der Waals surface area contributed by atoms with Crippen LogP contribution in [0.2, 0.25) is 0 Å². The molecule has 1 amide bonds. The molecule has 0 saturated carbocycles. The largest absolute Gasteiger partial charge is 0.454 e. The highest BCUT2D eigenvalue weighted by Gasteiger charge is 2.17. The van der Waals surface area contributed by atoms with Crippen LogP contribution in [0.1, 0.15) is 4.88 Å². The van der Waals surface area contributed by atoms with Gasteiger partial charge in [-0.2, -0.15) is 0 Å². The number of benzene rings is 1. The molecule has 3 N–H and O–H groups in total. The molecule has 2 heterocycles. The predicted molar refractivity (Wildman–Crippen MR) is 73.6 cm³/mol. The molecule has 0 aliphatic carbocycles. The van der Waals surface area contributed by atoms with E-state index in [1.165, 1.54) is 0 Å². The van der Waals surface area contributed by atoms with Gasteiger partial charge in [-0.25, -0.2) is 0 Å². The first-order valence-corrected chi connectivity index (χ1v) is 6.62. The molecule has 19 heavy (non-hydrogen) atoms. The molecule has 3 rings (SSSR count). The van der Waals surface area contributed by atoms with Crippen molar-refractivity contribution in [3.8, 4) is 11.5 Å². The van der Waals surface area contributed by atoms with Crippen molar-refractivity contribution < 1.29 is 14.3 Å². The number of fused-ring (bicyclic) bond motifs is 1. The fourth-order valence-corrected chi connectivity index (χ4v) is 2.54. The third-order valence-corrected chi connectivity index (χ3v) is 3.61. The molecular formula is C13H12N2O3S. The van der Waals surface area contributed by atoms with E-state index >= 15 is 0 Å². The Balaban J connectivity index is 1.74. The normalized spacial score (nSPS) is 12.4. The minimum atomic E-state index is -0.104. The van der Waals surface area contributed by atoms with Crippen molar-refractivity contribution in [1.82, 2.24) is 0 Å². The summed E-state index contributed by atoms with van der Waals surface area (Å²) in [5.41, 5.74) is 6.88. The van der Waals surface area contributed by atoms with Crippen molar-refractivity contribution in [2.75, 3.05) is 17.8 Å². The zero-order chi connectivity index (χ0) is 13.2. The standard InChI is InChI=1S/C13H12N2O3S/c14-9-5-11-12(18-7-17-11)6-10(9)15-13(16)4-8-2-1-3-19-8/h1-3,5-6H,4,7,14H2,(H,15,16). The van der Waals surface area contributed by atoms with E-state index in [1.807, 2.05) is 17.5 Å². The number of thiophene rings is 1. The van der Waals surface area contributed by atoms with Crippen LogP contribution in [0.5, 0.6) is 11.5 Å². The molecule has 98 valence electrons. The molecule has 0 atom stereocenters. The number of nitrogen functional groups attached to an aromatic ring is 1. The van der Waals surface area contributed by atoms with Crippen molar-refractivity contribution in [3.63, 3.8) is 0 Å². The summed E-state index contributed by atoms with van der Waals surface area (Å²) in [5.74, 6) is 1.10. The zero-order valence-corrected chi connectivity index (χ0v) is 10.8. The van der Waals surface area contributed by atoms with Crippen LogP contribution < -0.4 is 20.5 Å². The number of nitrogens with one attached hydrogen (secondary N) is 1. The Kier molecular flexibility index (Phi) is 3.00. The van der Waals surface area contributed by atoms with Crippen molar-refractivity contribution in [1.29, 1.82) is 0 Å². The third-order valence-electron chi connectivity index (χ3n) is 2.73. The van der Waals surface area contributed by atoms with Crippen LogP contribution in [-0.2, 0) is 11.2 Å². The first-order chi connectivity index (χ1) is 9.22. The number of hydrogen-bond acceptors (Lipinski definition) is 5. The molecule has 1 aliphatic rings. The van der Waals surface area contributed by atoms with Crippen molar-refractivity contribution >= 4 is 28.6 Å². The molecule has 1 aromatic heterocycles. The Labute approximate surface area is 113 Å². The average Bonchev–Trinajstić information content (AvgIpc) is 3.00. The van der Waals surface area contributed by atoms with Gasteiger partial charge in [0.05, 0.1) is 17.8 Å². The summed E-state index contributed by atoms with van der Waals surface area (Å²) in [7, 11) is 0. The Hall–Kier alpha value is -2.21. The number of rotatable bonds is 3. The summed E-state index contributed by atoms with van der Waals surface area (Å²) >= 11 is 1.55. The van der Waals surface area contributed by atoms with Gasteiger partial charge in [-0.15, -0.1) is 11.3 Å². The van der Waals surface area contributed by atoms with Crippen molar-refractivity contribution in [2.24, 2.45) is 0 Å². The van der Waals surface area contributed by atoms with E-state index in [0.29, 0.717) is 29.3 Å². The molecule has 0 fully saturated rings. The maximum Gasteiger partial charge on any atom is 0.231 e. The highest BCUT2D eigenvalue weighted by atomic mass is 32.1. The van der Waals surface area contributed by atoms with Crippen LogP contribution in [0, 0.1) is 0 Å². The first kappa shape index (κ1) is 11.9. The molecule has 1 aromatic carbocycles. The van der Waals surface area contributed by atoms with Gasteiger partial charge in [-0.1, -0.05) is 6.07 Å².